The molecule has 3 nitrogen and oxygen atoms in total. The highest BCUT2D eigenvalue weighted by molar-refractivity contribution is 5.12. The maximum absolute atomic E-state index is 6.19. The molecule has 0 amide bonds. The average Bonchev–Trinajstić information content (AvgIpc) is 2.91. The molecular formula is C15H25NO2. The molecule has 1 atom stereocenters. The van der Waals surface area contributed by atoms with Gasteiger partial charge in [-0.15, -0.1) is 0 Å². The van der Waals surface area contributed by atoms with Crippen LogP contribution in [0.5, 0.6) is 0 Å². The first kappa shape index (κ1) is 13.6. The summed E-state index contributed by atoms with van der Waals surface area (Å²) in [7, 11) is 0. The summed E-state index contributed by atoms with van der Waals surface area (Å²) in [4.78, 5) is 0. The number of hydrogen-bond acceptors (Lipinski definition) is 3. The second-order valence-electron chi connectivity index (χ2n) is 5.06. The van der Waals surface area contributed by atoms with Gasteiger partial charge in [0.05, 0.1) is 17.9 Å². The Kier molecular flexibility index (Phi) is 4.84. The quantitative estimate of drug-likeness (QED) is 0.837. The Bertz CT molecular complexity index is 323. The molecule has 1 aromatic rings. The van der Waals surface area contributed by atoms with E-state index >= 15 is 0 Å². The highest BCUT2D eigenvalue weighted by Gasteiger charge is 2.42. The normalized spacial score (nSPS) is 20.8. The summed E-state index contributed by atoms with van der Waals surface area (Å²) in [5.41, 5.74) is -0.0825. The molecule has 0 radical (unpaired) electrons. The Balaban J connectivity index is 2.24. The third-order valence-corrected chi connectivity index (χ3v) is 3.89. The van der Waals surface area contributed by atoms with E-state index in [9.17, 15) is 0 Å². The van der Waals surface area contributed by atoms with Crippen LogP contribution in [0.15, 0.2) is 22.8 Å². The molecule has 1 fully saturated rings. The van der Waals surface area contributed by atoms with Gasteiger partial charge in [-0.3, -0.25) is 0 Å². The van der Waals surface area contributed by atoms with Crippen molar-refractivity contribution in [3.63, 3.8) is 0 Å². The lowest BCUT2D eigenvalue weighted by Gasteiger charge is -2.42. The SMILES string of the molecule is CCNC(c1ccco1)C1(OCC)CCCCC1. The van der Waals surface area contributed by atoms with Crippen molar-refractivity contribution in [2.45, 2.75) is 57.6 Å². The molecule has 1 aliphatic carbocycles. The van der Waals surface area contributed by atoms with Crippen molar-refractivity contribution in [3.8, 4) is 0 Å². The fraction of sp³-hybridized carbons (Fsp3) is 0.733. The average molecular weight is 251 g/mol. The first-order valence-electron chi connectivity index (χ1n) is 7.23. The molecule has 1 aromatic heterocycles. The molecule has 1 N–H and O–H groups in total. The van der Waals surface area contributed by atoms with Crippen LogP contribution in [0, 0.1) is 0 Å². The molecule has 3 heteroatoms. The van der Waals surface area contributed by atoms with Gasteiger partial charge in [0.25, 0.3) is 0 Å². The van der Waals surface area contributed by atoms with Crippen LogP contribution in [0.4, 0.5) is 0 Å². The highest BCUT2D eigenvalue weighted by atomic mass is 16.5. The number of rotatable bonds is 6. The van der Waals surface area contributed by atoms with Crippen LogP contribution in [0.25, 0.3) is 0 Å². The van der Waals surface area contributed by atoms with Crippen LogP contribution < -0.4 is 5.32 Å². The van der Waals surface area contributed by atoms with Gasteiger partial charge in [0, 0.05) is 6.61 Å². The summed E-state index contributed by atoms with van der Waals surface area (Å²) >= 11 is 0. The predicted molar refractivity (Wildman–Crippen MR) is 72.6 cm³/mol. The molecule has 1 unspecified atom stereocenters. The Labute approximate surface area is 110 Å². The van der Waals surface area contributed by atoms with E-state index in [0.717, 1.165) is 31.8 Å². The largest absolute Gasteiger partial charge is 0.468 e. The minimum absolute atomic E-state index is 0.0825. The molecule has 18 heavy (non-hydrogen) atoms. The van der Waals surface area contributed by atoms with Crippen molar-refractivity contribution in [3.05, 3.63) is 24.2 Å². The molecular weight excluding hydrogens is 226 g/mol. The maximum atomic E-state index is 6.19. The lowest BCUT2D eigenvalue weighted by atomic mass is 9.78. The number of furan rings is 1. The highest BCUT2D eigenvalue weighted by Crippen LogP contribution is 2.41. The summed E-state index contributed by atoms with van der Waals surface area (Å²) in [6.45, 7) is 5.92. The van der Waals surface area contributed by atoms with E-state index in [2.05, 4.69) is 25.2 Å². The van der Waals surface area contributed by atoms with Crippen molar-refractivity contribution in [1.82, 2.24) is 5.32 Å². The van der Waals surface area contributed by atoms with Crippen molar-refractivity contribution >= 4 is 0 Å². The van der Waals surface area contributed by atoms with Crippen LogP contribution >= 0.6 is 0 Å². The zero-order chi connectivity index (χ0) is 12.8. The number of hydrogen-bond donors (Lipinski definition) is 1. The third-order valence-electron chi connectivity index (χ3n) is 3.89. The standard InChI is InChI=1S/C15H25NO2/c1-3-16-14(13-9-8-12-17-13)15(18-4-2)10-6-5-7-11-15/h8-9,12,14,16H,3-7,10-11H2,1-2H3. The zero-order valence-electron chi connectivity index (χ0n) is 11.6. The summed E-state index contributed by atoms with van der Waals surface area (Å²) in [5.74, 6) is 1.01. The molecule has 1 saturated carbocycles. The fourth-order valence-electron chi connectivity index (χ4n) is 3.16. The fourth-order valence-corrected chi connectivity index (χ4v) is 3.16. The van der Waals surface area contributed by atoms with Crippen LogP contribution in [-0.2, 0) is 4.74 Å². The van der Waals surface area contributed by atoms with E-state index in [1.165, 1.54) is 19.3 Å². The van der Waals surface area contributed by atoms with E-state index < -0.39 is 0 Å². The van der Waals surface area contributed by atoms with Crippen molar-refractivity contribution < 1.29 is 9.15 Å². The topological polar surface area (TPSA) is 34.4 Å². The second kappa shape index (κ2) is 6.39. The van der Waals surface area contributed by atoms with Crippen LogP contribution in [0.2, 0.25) is 0 Å². The van der Waals surface area contributed by atoms with Crippen LogP contribution in [-0.4, -0.2) is 18.8 Å². The molecule has 1 aliphatic rings. The molecule has 0 saturated heterocycles. The van der Waals surface area contributed by atoms with Crippen molar-refractivity contribution in [1.29, 1.82) is 0 Å². The van der Waals surface area contributed by atoms with Gasteiger partial charge in [-0.25, -0.2) is 0 Å². The number of ether oxygens (including phenoxy) is 1. The van der Waals surface area contributed by atoms with Gasteiger partial charge < -0.3 is 14.5 Å². The van der Waals surface area contributed by atoms with E-state index in [-0.39, 0.29) is 11.6 Å². The Morgan fingerprint density at radius 2 is 2.11 bits per heavy atom. The summed E-state index contributed by atoms with van der Waals surface area (Å²) in [5, 5.41) is 3.56. The lowest BCUT2D eigenvalue weighted by molar-refractivity contribution is -0.0949. The van der Waals surface area contributed by atoms with E-state index in [1.54, 1.807) is 6.26 Å². The van der Waals surface area contributed by atoms with Crippen LogP contribution in [0.1, 0.15) is 57.8 Å². The first-order chi connectivity index (χ1) is 8.82. The van der Waals surface area contributed by atoms with E-state index in [4.69, 9.17) is 9.15 Å². The molecule has 0 spiro atoms. The number of likely N-dealkylation sites (N-methyl/N-ethyl adjacent to an activating group) is 1. The molecule has 0 bridgehead atoms. The lowest BCUT2D eigenvalue weighted by Crippen LogP contribution is -2.47. The molecule has 0 aromatic carbocycles. The first-order valence-corrected chi connectivity index (χ1v) is 7.23. The van der Waals surface area contributed by atoms with Crippen molar-refractivity contribution in [2.24, 2.45) is 0 Å². The van der Waals surface area contributed by atoms with Gasteiger partial charge in [-0.05, 0) is 38.4 Å². The van der Waals surface area contributed by atoms with E-state index in [1.807, 2.05) is 6.07 Å². The van der Waals surface area contributed by atoms with Gasteiger partial charge in [0.2, 0.25) is 0 Å². The summed E-state index contributed by atoms with van der Waals surface area (Å²) in [6.07, 6.45) is 7.83. The molecule has 0 aliphatic heterocycles. The Hall–Kier alpha value is -0.800. The van der Waals surface area contributed by atoms with Gasteiger partial charge in [-0.1, -0.05) is 26.2 Å². The van der Waals surface area contributed by atoms with E-state index in [0.29, 0.717) is 0 Å². The predicted octanol–water partition coefficient (Wildman–Crippen LogP) is 3.67. The minimum atomic E-state index is -0.0825. The molecule has 1 heterocycles. The van der Waals surface area contributed by atoms with Crippen molar-refractivity contribution in [2.75, 3.05) is 13.2 Å². The smallest absolute Gasteiger partial charge is 0.123 e. The van der Waals surface area contributed by atoms with Gasteiger partial charge in [0.15, 0.2) is 0 Å². The number of nitrogens with one attached hydrogen (secondary N) is 1. The molecule has 2 rings (SSSR count). The monoisotopic (exact) mass is 251 g/mol. The van der Waals surface area contributed by atoms with Gasteiger partial charge in [0.1, 0.15) is 5.76 Å². The van der Waals surface area contributed by atoms with Gasteiger partial charge in [-0.2, -0.15) is 0 Å². The summed E-state index contributed by atoms with van der Waals surface area (Å²) in [6, 6.07) is 4.20. The van der Waals surface area contributed by atoms with Gasteiger partial charge >= 0.3 is 0 Å². The Morgan fingerprint density at radius 3 is 2.67 bits per heavy atom. The maximum Gasteiger partial charge on any atom is 0.123 e. The summed E-state index contributed by atoms with van der Waals surface area (Å²) < 4.78 is 11.8. The third kappa shape index (κ3) is 2.78. The second-order valence-corrected chi connectivity index (χ2v) is 5.06. The Morgan fingerprint density at radius 1 is 1.33 bits per heavy atom. The molecule has 102 valence electrons. The minimum Gasteiger partial charge on any atom is -0.468 e. The zero-order valence-corrected chi connectivity index (χ0v) is 11.6. The van der Waals surface area contributed by atoms with Crippen LogP contribution in [0.3, 0.4) is 0 Å².